The smallest absolute Gasteiger partial charge is 0.379 e. The maximum Gasteiger partial charge on any atom is 0.416 e. The van der Waals surface area contributed by atoms with E-state index in [4.69, 9.17) is 10.5 Å². The van der Waals surface area contributed by atoms with Crippen molar-refractivity contribution in [3.8, 4) is 11.3 Å². The number of ether oxygens (including phenoxy) is 1. The zero-order valence-electron chi connectivity index (χ0n) is 30.8. The number of halogens is 5. The number of alkyl halides is 5. The van der Waals surface area contributed by atoms with Crippen LogP contribution in [0.3, 0.4) is 0 Å². The number of piperidine rings is 1. The molecule has 1 atom stereocenters. The molecule has 4 aromatic rings. The lowest BCUT2D eigenvalue weighted by atomic mass is 9.88. The van der Waals surface area contributed by atoms with Gasteiger partial charge >= 0.3 is 6.18 Å². The molecule has 292 valence electrons. The molecule has 0 radical (unpaired) electrons. The van der Waals surface area contributed by atoms with Crippen LogP contribution in [-0.2, 0) is 23.3 Å². The third-order valence-corrected chi connectivity index (χ3v) is 10.4. The average molecular weight is 764 g/mol. The van der Waals surface area contributed by atoms with Crippen LogP contribution in [-0.4, -0.2) is 73.1 Å². The number of anilines is 2. The molecule has 8 nitrogen and oxygen atoms in total. The second-order valence-corrected chi connectivity index (χ2v) is 14.6. The number of rotatable bonds is 13. The van der Waals surface area contributed by atoms with Crippen LogP contribution >= 0.6 is 0 Å². The molecule has 2 aliphatic heterocycles. The summed E-state index contributed by atoms with van der Waals surface area (Å²) in [7, 11) is 0. The second kappa shape index (κ2) is 17.0. The van der Waals surface area contributed by atoms with Gasteiger partial charge in [-0.3, -0.25) is 19.5 Å². The third-order valence-electron chi connectivity index (χ3n) is 10.4. The molecule has 6 rings (SSSR count). The second-order valence-electron chi connectivity index (χ2n) is 14.6. The van der Waals surface area contributed by atoms with E-state index in [2.05, 4.69) is 20.1 Å². The van der Waals surface area contributed by atoms with Gasteiger partial charge in [0.1, 0.15) is 0 Å². The number of hydrogen-bond acceptors (Lipinski definition) is 7. The number of nitrogens with zero attached hydrogens (tertiary/aromatic N) is 3. The summed E-state index contributed by atoms with van der Waals surface area (Å²) >= 11 is 0. The van der Waals surface area contributed by atoms with Gasteiger partial charge in [0.05, 0.1) is 35.7 Å². The van der Waals surface area contributed by atoms with Gasteiger partial charge in [0.2, 0.25) is 0 Å². The van der Waals surface area contributed by atoms with Gasteiger partial charge in [-0.2, -0.15) is 13.2 Å². The van der Waals surface area contributed by atoms with E-state index in [1.165, 1.54) is 36.5 Å². The van der Waals surface area contributed by atoms with E-state index in [1.54, 1.807) is 31.2 Å². The number of carbonyl (C=O) groups excluding carboxylic acids is 2. The zero-order valence-corrected chi connectivity index (χ0v) is 30.8. The molecule has 55 heavy (non-hydrogen) atoms. The van der Waals surface area contributed by atoms with Gasteiger partial charge in [0.15, 0.2) is 5.78 Å². The summed E-state index contributed by atoms with van der Waals surface area (Å²) in [6.07, 6.45) is -0.781. The molecular weight excluding hydrogens is 717 g/mol. The Morgan fingerprint density at radius 1 is 0.818 bits per heavy atom. The van der Waals surface area contributed by atoms with Crippen molar-refractivity contribution in [2.24, 2.45) is 5.73 Å². The number of ketones is 1. The molecule has 1 amide bonds. The van der Waals surface area contributed by atoms with Gasteiger partial charge in [-0.1, -0.05) is 30.3 Å². The van der Waals surface area contributed by atoms with E-state index >= 15 is 8.78 Å². The van der Waals surface area contributed by atoms with Crippen molar-refractivity contribution in [1.29, 1.82) is 0 Å². The highest BCUT2D eigenvalue weighted by atomic mass is 19.4. The Morgan fingerprint density at radius 3 is 2.29 bits per heavy atom. The van der Waals surface area contributed by atoms with E-state index in [-0.39, 0.29) is 34.6 Å². The summed E-state index contributed by atoms with van der Waals surface area (Å²) in [5, 5.41) is 2.91. The maximum atomic E-state index is 15.7. The lowest BCUT2D eigenvalue weighted by molar-refractivity contribution is -0.137. The highest BCUT2D eigenvalue weighted by Crippen LogP contribution is 2.38. The first-order valence-corrected chi connectivity index (χ1v) is 18.6. The van der Waals surface area contributed by atoms with Crippen LogP contribution in [0.25, 0.3) is 11.3 Å². The average Bonchev–Trinajstić information content (AvgIpc) is 3.20. The Morgan fingerprint density at radius 2 is 1.55 bits per heavy atom. The topological polar surface area (TPSA) is 101 Å². The molecule has 0 bridgehead atoms. The van der Waals surface area contributed by atoms with Crippen LogP contribution in [0.4, 0.5) is 33.3 Å². The molecule has 2 saturated heterocycles. The van der Waals surface area contributed by atoms with Crippen molar-refractivity contribution in [2.45, 2.75) is 63.1 Å². The predicted octanol–water partition coefficient (Wildman–Crippen LogP) is 8.36. The van der Waals surface area contributed by atoms with Crippen LogP contribution in [0.1, 0.15) is 76.4 Å². The van der Waals surface area contributed by atoms with Crippen molar-refractivity contribution in [1.82, 2.24) is 9.88 Å². The first kappa shape index (κ1) is 40.0. The van der Waals surface area contributed by atoms with Crippen molar-refractivity contribution in [2.75, 3.05) is 56.2 Å². The molecule has 1 aromatic heterocycles. The number of aromatic nitrogens is 1. The maximum absolute atomic E-state index is 15.7. The number of Topliss-reactive ketones (excluding diaryl/α,β-unsaturated/α-hetero) is 1. The molecule has 2 fully saturated rings. The van der Waals surface area contributed by atoms with Crippen LogP contribution in [0, 0.1) is 0 Å². The highest BCUT2D eigenvalue weighted by molar-refractivity contribution is 6.09. The lowest BCUT2D eigenvalue weighted by Gasteiger charge is -2.30. The van der Waals surface area contributed by atoms with Gasteiger partial charge in [-0.25, -0.2) is 8.78 Å². The SMILES string of the molecule is CC(N)(CCN1CCOCC1)C(=O)c1cccc(C(=O)Nc2ccc(N3CCCCC3)cc2-c2cc(C(F)(F)CCc3cccc(C(F)(F)F)c3)ccn2)c1. The number of pyridine rings is 1. The molecule has 3 N–H and O–H groups in total. The normalized spacial score (nSPS) is 16.7. The van der Waals surface area contributed by atoms with Crippen molar-refractivity contribution in [3.05, 3.63) is 113 Å². The first-order chi connectivity index (χ1) is 26.2. The molecule has 0 spiro atoms. The molecule has 2 aliphatic rings. The predicted molar refractivity (Wildman–Crippen MR) is 203 cm³/mol. The number of nitrogens with one attached hydrogen (secondary N) is 1. The van der Waals surface area contributed by atoms with Gasteiger partial charge in [-0.05, 0) is 93.1 Å². The summed E-state index contributed by atoms with van der Waals surface area (Å²) < 4.78 is 76.6. The fourth-order valence-corrected chi connectivity index (χ4v) is 7.01. The third kappa shape index (κ3) is 10.1. The van der Waals surface area contributed by atoms with Crippen molar-refractivity contribution in [3.63, 3.8) is 0 Å². The van der Waals surface area contributed by atoms with Crippen LogP contribution < -0.4 is 16.0 Å². The Bertz CT molecular complexity index is 1970. The Hall–Kier alpha value is -4.72. The number of hydrogen-bond donors (Lipinski definition) is 2. The molecule has 3 aromatic carbocycles. The fourth-order valence-electron chi connectivity index (χ4n) is 7.01. The van der Waals surface area contributed by atoms with Gasteiger partial charge < -0.3 is 20.7 Å². The fraction of sp³-hybridized carbons (Fsp3) is 0.405. The minimum Gasteiger partial charge on any atom is -0.379 e. The summed E-state index contributed by atoms with van der Waals surface area (Å²) in [4.78, 5) is 36.2. The van der Waals surface area contributed by atoms with Crippen LogP contribution in [0.15, 0.2) is 85.1 Å². The summed E-state index contributed by atoms with van der Waals surface area (Å²) in [6.45, 7) is 6.77. The number of aryl methyl sites for hydroxylation is 1. The van der Waals surface area contributed by atoms with Crippen LogP contribution in [0.5, 0.6) is 0 Å². The molecule has 3 heterocycles. The number of morpholine rings is 1. The standard InChI is InChI=1S/C42H46F5N5O3/c1-40(48,16-20-51-21-23-55-24-22-51)38(53)30-8-6-9-31(26-30)39(54)50-36-12-11-34(52-18-3-2-4-19-52)28-35(36)37-27-32(14-17-49-37)41(43,44)15-13-29-7-5-10-33(25-29)42(45,46)47/h5-12,14,17,25-28H,2-4,13,15-16,18-24,48H2,1H3,(H,50,54). The van der Waals surface area contributed by atoms with E-state index in [0.717, 1.165) is 63.3 Å². The number of benzene rings is 3. The molecule has 1 unspecified atom stereocenters. The summed E-state index contributed by atoms with van der Waals surface area (Å²) in [5.41, 5.74) is 6.54. The Labute approximate surface area is 317 Å². The van der Waals surface area contributed by atoms with E-state index in [1.807, 2.05) is 12.1 Å². The van der Waals surface area contributed by atoms with Crippen LogP contribution in [0.2, 0.25) is 0 Å². The molecule has 0 aliphatic carbocycles. The molecule has 13 heteroatoms. The first-order valence-electron chi connectivity index (χ1n) is 18.6. The lowest BCUT2D eigenvalue weighted by Crippen LogP contribution is -2.48. The zero-order chi connectivity index (χ0) is 39.2. The van der Waals surface area contributed by atoms with E-state index in [0.29, 0.717) is 43.0 Å². The Kier molecular flexibility index (Phi) is 12.3. The van der Waals surface area contributed by atoms with E-state index in [9.17, 15) is 22.8 Å². The summed E-state index contributed by atoms with van der Waals surface area (Å²) in [5.74, 6) is -4.21. The number of carbonyl (C=O) groups is 2. The van der Waals surface area contributed by atoms with Gasteiger partial charge in [-0.15, -0.1) is 0 Å². The van der Waals surface area contributed by atoms with Crippen molar-refractivity contribution >= 4 is 23.1 Å². The highest BCUT2D eigenvalue weighted by Gasteiger charge is 2.34. The van der Waals surface area contributed by atoms with E-state index < -0.39 is 35.5 Å². The molecular formula is C42H46F5N5O3. The quantitative estimate of drug-likeness (QED) is 0.104. The molecule has 0 saturated carbocycles. The number of amides is 1. The minimum absolute atomic E-state index is 0.151. The van der Waals surface area contributed by atoms with Gasteiger partial charge in [0, 0.05) is 73.3 Å². The number of nitrogens with two attached hydrogens (primary N) is 1. The van der Waals surface area contributed by atoms with Gasteiger partial charge in [0.25, 0.3) is 11.8 Å². The van der Waals surface area contributed by atoms with Crippen molar-refractivity contribution < 1.29 is 36.3 Å². The largest absolute Gasteiger partial charge is 0.416 e. The summed E-state index contributed by atoms with van der Waals surface area (Å²) in [6, 6.07) is 18.6. The Balaban J connectivity index is 1.24. The monoisotopic (exact) mass is 763 g/mol. The minimum atomic E-state index is -4.58.